The van der Waals surface area contributed by atoms with E-state index in [1.165, 1.54) is 0 Å². The normalized spacial score (nSPS) is 19.5. The third kappa shape index (κ3) is 2.17. The van der Waals surface area contributed by atoms with Crippen molar-refractivity contribution in [3.8, 4) is 5.75 Å². The van der Waals surface area contributed by atoms with Gasteiger partial charge in [-0.05, 0) is 30.5 Å². The van der Waals surface area contributed by atoms with Crippen LogP contribution in [0.4, 0.5) is 11.8 Å². The first-order chi connectivity index (χ1) is 11.5. The number of phenolic OH excluding ortho intramolecular Hbond substituents is 1. The quantitative estimate of drug-likeness (QED) is 0.632. The van der Waals surface area contributed by atoms with Gasteiger partial charge in [0, 0.05) is 23.6 Å². The number of hydrogen-bond acceptors (Lipinski definition) is 6. The molecular weight excluding hydrogens is 308 g/mol. The molecule has 1 aliphatic heterocycles. The van der Waals surface area contributed by atoms with Gasteiger partial charge in [0.25, 0.3) is 5.56 Å². The van der Waals surface area contributed by atoms with Crippen molar-refractivity contribution in [1.82, 2.24) is 9.97 Å². The van der Waals surface area contributed by atoms with Crippen molar-refractivity contribution < 1.29 is 9.90 Å². The number of fused-ring (bicyclic) bond motifs is 1. The summed E-state index contributed by atoms with van der Waals surface area (Å²) in [7, 11) is 0. The maximum absolute atomic E-state index is 12.6. The van der Waals surface area contributed by atoms with Gasteiger partial charge in [0.2, 0.25) is 5.95 Å². The number of H-pyrrole nitrogens is 1. The van der Waals surface area contributed by atoms with Gasteiger partial charge in [-0.15, -0.1) is 0 Å². The fourth-order valence-electron chi connectivity index (χ4n) is 3.48. The van der Waals surface area contributed by atoms with E-state index in [4.69, 9.17) is 5.73 Å². The van der Waals surface area contributed by atoms with Crippen LogP contribution in [0.3, 0.4) is 0 Å². The number of aromatic amines is 1. The van der Waals surface area contributed by atoms with E-state index < -0.39 is 5.92 Å². The number of rotatable bonds is 1. The monoisotopic (exact) mass is 324 g/mol. The van der Waals surface area contributed by atoms with Gasteiger partial charge in [0.1, 0.15) is 11.6 Å². The van der Waals surface area contributed by atoms with Crippen molar-refractivity contribution in [2.45, 2.75) is 25.2 Å². The number of allylic oxidation sites excluding steroid dienone is 2. The highest BCUT2D eigenvalue weighted by atomic mass is 16.3. The van der Waals surface area contributed by atoms with Gasteiger partial charge in [-0.3, -0.25) is 14.6 Å². The number of aromatic nitrogens is 2. The molecule has 0 saturated heterocycles. The molecule has 0 radical (unpaired) electrons. The zero-order valence-electron chi connectivity index (χ0n) is 12.8. The lowest BCUT2D eigenvalue weighted by Gasteiger charge is -2.32. The van der Waals surface area contributed by atoms with Gasteiger partial charge in [-0.1, -0.05) is 12.1 Å². The maximum atomic E-state index is 12.6. The van der Waals surface area contributed by atoms with E-state index in [1.807, 2.05) is 0 Å². The predicted molar refractivity (Wildman–Crippen MR) is 88.7 cm³/mol. The van der Waals surface area contributed by atoms with Crippen molar-refractivity contribution in [2.75, 3.05) is 11.1 Å². The summed E-state index contributed by atoms with van der Waals surface area (Å²) >= 11 is 0. The van der Waals surface area contributed by atoms with Gasteiger partial charge in [0.15, 0.2) is 5.78 Å². The van der Waals surface area contributed by atoms with Crippen LogP contribution in [-0.2, 0) is 4.79 Å². The van der Waals surface area contributed by atoms with Crippen molar-refractivity contribution in [3.05, 3.63) is 57.0 Å². The summed E-state index contributed by atoms with van der Waals surface area (Å²) in [6.45, 7) is 0. The number of carbonyl (C=O) groups excluding carboxylic acids is 1. The second kappa shape index (κ2) is 5.23. The number of nitrogens with zero attached hydrogens (tertiary/aromatic N) is 1. The zero-order chi connectivity index (χ0) is 16.8. The summed E-state index contributed by atoms with van der Waals surface area (Å²) in [4.78, 5) is 31.8. The molecule has 0 bridgehead atoms. The second-order valence-electron chi connectivity index (χ2n) is 6.03. The van der Waals surface area contributed by atoms with Crippen LogP contribution >= 0.6 is 0 Å². The molecule has 1 atom stereocenters. The van der Waals surface area contributed by atoms with E-state index in [0.29, 0.717) is 23.4 Å². The summed E-state index contributed by atoms with van der Waals surface area (Å²) in [5, 5.41) is 12.7. The Morgan fingerprint density at radius 2 is 1.92 bits per heavy atom. The summed E-state index contributed by atoms with van der Waals surface area (Å²) in [5.74, 6) is 0.0660. The molecule has 7 heteroatoms. The molecular formula is C17H16N4O3. The molecule has 1 aliphatic carbocycles. The Morgan fingerprint density at radius 3 is 2.67 bits per heavy atom. The summed E-state index contributed by atoms with van der Waals surface area (Å²) in [5.41, 5.74) is 7.84. The number of anilines is 2. The smallest absolute Gasteiger partial charge is 0.258 e. The fourth-order valence-corrected chi connectivity index (χ4v) is 3.48. The molecule has 0 spiro atoms. The van der Waals surface area contributed by atoms with Crippen LogP contribution in [0.2, 0.25) is 0 Å². The zero-order valence-corrected chi connectivity index (χ0v) is 12.8. The number of nitrogens with one attached hydrogen (secondary N) is 2. The van der Waals surface area contributed by atoms with E-state index >= 15 is 0 Å². The van der Waals surface area contributed by atoms with Gasteiger partial charge in [-0.25, -0.2) is 0 Å². The van der Waals surface area contributed by atoms with E-state index in [0.717, 1.165) is 24.1 Å². The predicted octanol–water partition coefficient (Wildman–Crippen LogP) is 1.62. The molecule has 1 aromatic heterocycles. The van der Waals surface area contributed by atoms with Gasteiger partial charge in [0.05, 0.1) is 5.56 Å². The highest BCUT2D eigenvalue weighted by molar-refractivity contribution is 6.00. The first kappa shape index (κ1) is 14.5. The first-order valence-electron chi connectivity index (χ1n) is 7.76. The van der Waals surface area contributed by atoms with Gasteiger partial charge < -0.3 is 16.2 Å². The molecule has 4 rings (SSSR count). The average Bonchev–Trinajstić information content (AvgIpc) is 2.54. The largest absolute Gasteiger partial charge is 0.508 e. The highest BCUT2D eigenvalue weighted by Crippen LogP contribution is 2.43. The van der Waals surface area contributed by atoms with E-state index in [1.54, 1.807) is 24.3 Å². The van der Waals surface area contributed by atoms with Gasteiger partial charge >= 0.3 is 0 Å². The number of nitrogens with two attached hydrogens (primary N) is 1. The van der Waals surface area contributed by atoms with Crippen molar-refractivity contribution in [3.63, 3.8) is 0 Å². The number of ketones is 1. The van der Waals surface area contributed by atoms with Crippen LogP contribution < -0.4 is 16.6 Å². The molecule has 2 heterocycles. The molecule has 24 heavy (non-hydrogen) atoms. The van der Waals surface area contributed by atoms with Crippen molar-refractivity contribution >= 4 is 17.5 Å². The molecule has 0 amide bonds. The summed E-state index contributed by atoms with van der Waals surface area (Å²) in [6.07, 6.45) is 1.95. The second-order valence-corrected chi connectivity index (χ2v) is 6.03. The van der Waals surface area contributed by atoms with E-state index in [2.05, 4.69) is 15.3 Å². The van der Waals surface area contributed by atoms with Gasteiger partial charge in [-0.2, -0.15) is 4.98 Å². The minimum Gasteiger partial charge on any atom is -0.508 e. The van der Waals surface area contributed by atoms with E-state index in [9.17, 15) is 14.7 Å². The Balaban J connectivity index is 1.99. The molecule has 122 valence electrons. The standard InChI is InChI=1S/C17H16N4O3/c18-17-20-15-14(16(24)21-17)12(8-4-6-9(22)7-5-8)13-10(19-15)2-1-3-11(13)23/h4-7,12,22H,1-3H2,(H4,18,19,20,21,24). The minimum atomic E-state index is -0.513. The minimum absolute atomic E-state index is 0.0295. The summed E-state index contributed by atoms with van der Waals surface area (Å²) in [6, 6.07) is 6.53. The Hall–Kier alpha value is -3.09. The molecule has 1 aromatic carbocycles. The summed E-state index contributed by atoms with van der Waals surface area (Å²) < 4.78 is 0. The molecule has 2 aromatic rings. The van der Waals surface area contributed by atoms with Crippen molar-refractivity contribution in [2.24, 2.45) is 0 Å². The molecule has 0 saturated carbocycles. The van der Waals surface area contributed by atoms with Crippen LogP contribution in [0.25, 0.3) is 0 Å². The topological polar surface area (TPSA) is 121 Å². The number of carbonyl (C=O) groups is 1. The number of aromatic hydroxyl groups is 1. The lowest BCUT2D eigenvalue weighted by Crippen LogP contribution is -2.32. The number of hydrogen-bond donors (Lipinski definition) is 4. The first-order valence-corrected chi connectivity index (χ1v) is 7.76. The maximum Gasteiger partial charge on any atom is 0.258 e. The number of nitrogen functional groups attached to an aromatic ring is 1. The van der Waals surface area contributed by atoms with E-state index in [-0.39, 0.29) is 23.0 Å². The Kier molecular flexibility index (Phi) is 3.16. The highest BCUT2D eigenvalue weighted by Gasteiger charge is 2.37. The van der Waals surface area contributed by atoms with Crippen LogP contribution in [0.15, 0.2) is 40.3 Å². The lowest BCUT2D eigenvalue weighted by molar-refractivity contribution is -0.116. The third-order valence-corrected chi connectivity index (χ3v) is 4.50. The third-order valence-electron chi connectivity index (χ3n) is 4.50. The molecule has 2 aliphatic rings. The molecule has 1 unspecified atom stereocenters. The SMILES string of the molecule is Nc1nc2c(c(=O)[nH]1)C(c1ccc(O)cc1)C1=C(CCCC1=O)N2. The fraction of sp³-hybridized carbons (Fsp3) is 0.235. The Bertz CT molecular complexity index is 928. The molecule has 5 N–H and O–H groups in total. The van der Waals surface area contributed by atoms with Crippen LogP contribution in [0, 0.1) is 0 Å². The van der Waals surface area contributed by atoms with Crippen LogP contribution in [-0.4, -0.2) is 20.9 Å². The molecule has 0 fully saturated rings. The van der Waals surface area contributed by atoms with Crippen LogP contribution in [0.5, 0.6) is 5.75 Å². The molecule has 7 nitrogen and oxygen atoms in total. The Labute approximate surface area is 137 Å². The Morgan fingerprint density at radius 1 is 1.17 bits per heavy atom. The number of phenols is 1. The van der Waals surface area contributed by atoms with Crippen molar-refractivity contribution in [1.29, 1.82) is 0 Å². The average molecular weight is 324 g/mol. The number of Topliss-reactive ketones (excluding diaryl/α,β-unsaturated/α-hetero) is 1. The lowest BCUT2D eigenvalue weighted by atomic mass is 9.76. The number of benzene rings is 1. The van der Waals surface area contributed by atoms with Crippen LogP contribution in [0.1, 0.15) is 36.3 Å².